The first-order valence-corrected chi connectivity index (χ1v) is 10.2. The van der Waals surface area contributed by atoms with Gasteiger partial charge in [-0.05, 0) is 37.1 Å². The Morgan fingerprint density at radius 1 is 0.968 bits per heavy atom. The lowest BCUT2D eigenvalue weighted by Gasteiger charge is -2.12. The summed E-state index contributed by atoms with van der Waals surface area (Å²) in [6, 6.07) is 3.49. The van der Waals surface area contributed by atoms with Gasteiger partial charge in [0.05, 0.1) is 18.8 Å². The van der Waals surface area contributed by atoms with Crippen molar-refractivity contribution in [3.63, 3.8) is 0 Å². The van der Waals surface area contributed by atoms with Crippen molar-refractivity contribution in [2.45, 2.75) is 19.0 Å². The largest absolute Gasteiger partial charge is 0.492 e. The maximum absolute atomic E-state index is 13.6. The van der Waals surface area contributed by atoms with Gasteiger partial charge in [0.25, 0.3) is 0 Å². The first-order chi connectivity index (χ1) is 14.6. The molecule has 2 rings (SSSR count). The van der Waals surface area contributed by atoms with E-state index in [-0.39, 0.29) is 34.4 Å². The van der Waals surface area contributed by atoms with Crippen LogP contribution < -0.4 is 14.2 Å². The van der Waals surface area contributed by atoms with Gasteiger partial charge in [-0.3, -0.25) is 0 Å². The number of nitrogens with zero attached hydrogens (tertiary/aromatic N) is 1. The molecule has 0 aliphatic rings. The maximum Gasteiger partial charge on any atom is 0.417 e. The molecular weight excluding hydrogens is 508 g/mol. The second-order valence-electron chi connectivity index (χ2n) is 5.91. The molecule has 0 bridgehead atoms. The zero-order chi connectivity index (χ0) is 23.0. The highest BCUT2D eigenvalue weighted by atomic mass is 35.5. The van der Waals surface area contributed by atoms with Crippen LogP contribution in [0.5, 0.6) is 17.4 Å². The minimum absolute atomic E-state index is 0.0383. The molecule has 1 heterocycles. The first-order valence-electron chi connectivity index (χ1n) is 8.70. The van der Waals surface area contributed by atoms with Crippen LogP contribution in [0.1, 0.15) is 18.4 Å². The van der Waals surface area contributed by atoms with Crippen molar-refractivity contribution < 1.29 is 31.8 Å². The molecule has 0 unspecified atom stereocenters. The highest BCUT2D eigenvalue weighted by Gasteiger charge is 2.32. The highest BCUT2D eigenvalue weighted by Crippen LogP contribution is 2.39. The quantitative estimate of drug-likeness (QED) is 0.239. The van der Waals surface area contributed by atoms with Crippen molar-refractivity contribution in [1.82, 2.24) is 4.98 Å². The Morgan fingerprint density at radius 3 is 2.10 bits per heavy atom. The number of unbranched alkanes of at least 4 members (excludes halogenated alkanes) is 1. The summed E-state index contributed by atoms with van der Waals surface area (Å²) in [6.45, 7) is 0.386. The molecule has 170 valence electrons. The van der Waals surface area contributed by atoms with Crippen LogP contribution in [0.2, 0.25) is 10.0 Å². The molecule has 0 fully saturated rings. The second kappa shape index (κ2) is 11.9. The molecule has 31 heavy (non-hydrogen) atoms. The van der Waals surface area contributed by atoms with Gasteiger partial charge < -0.3 is 14.2 Å². The Hall–Kier alpha value is -1.61. The van der Waals surface area contributed by atoms with Gasteiger partial charge in [-0.1, -0.05) is 46.4 Å². The van der Waals surface area contributed by atoms with Gasteiger partial charge in [-0.25, -0.2) is 9.37 Å². The Balaban J connectivity index is 1.77. The molecule has 0 spiro atoms. The Labute approximate surface area is 195 Å². The number of benzene rings is 1. The molecule has 0 saturated heterocycles. The zero-order valence-electron chi connectivity index (χ0n) is 15.6. The third-order valence-electron chi connectivity index (χ3n) is 3.66. The summed E-state index contributed by atoms with van der Waals surface area (Å²) in [5.74, 6) is -1.02. The van der Waals surface area contributed by atoms with Crippen LogP contribution in [-0.4, -0.2) is 24.8 Å². The SMILES string of the molecule is Fc1cc(C(F)(F)F)cnc1OCCCCOc1ccc(OCC=C(Cl)Cl)c(Cl)c1Cl. The molecule has 0 atom stereocenters. The molecule has 0 aliphatic carbocycles. The fraction of sp³-hybridized carbons (Fsp3) is 0.316. The fourth-order valence-corrected chi connectivity index (χ4v) is 2.72. The Kier molecular flexibility index (Phi) is 9.81. The normalized spacial score (nSPS) is 11.2. The monoisotopic (exact) mass is 521 g/mol. The highest BCUT2D eigenvalue weighted by molar-refractivity contribution is 6.55. The number of ether oxygens (including phenoxy) is 3. The van der Waals surface area contributed by atoms with Crippen molar-refractivity contribution in [2.24, 2.45) is 0 Å². The minimum Gasteiger partial charge on any atom is -0.492 e. The molecule has 0 N–H and O–H groups in total. The van der Waals surface area contributed by atoms with Gasteiger partial charge in [0.2, 0.25) is 5.88 Å². The molecule has 1 aromatic carbocycles. The summed E-state index contributed by atoms with van der Waals surface area (Å²) in [5, 5.41) is 0.317. The van der Waals surface area contributed by atoms with Gasteiger partial charge in [0.15, 0.2) is 5.82 Å². The lowest BCUT2D eigenvalue weighted by atomic mass is 10.3. The Bertz CT molecular complexity index is 922. The molecule has 0 radical (unpaired) electrons. The van der Waals surface area contributed by atoms with E-state index < -0.39 is 23.4 Å². The summed E-state index contributed by atoms with van der Waals surface area (Å²) in [6.07, 6.45) is -1.80. The zero-order valence-corrected chi connectivity index (χ0v) is 18.6. The van der Waals surface area contributed by atoms with Crippen molar-refractivity contribution in [3.8, 4) is 17.4 Å². The molecule has 0 amide bonds. The summed E-state index contributed by atoms with van der Waals surface area (Å²) in [4.78, 5) is 3.36. The topological polar surface area (TPSA) is 40.6 Å². The minimum atomic E-state index is -4.67. The molecule has 1 aromatic heterocycles. The van der Waals surface area contributed by atoms with Crippen LogP contribution in [0.15, 0.2) is 35.0 Å². The molecule has 0 aliphatic heterocycles. The summed E-state index contributed by atoms with van der Waals surface area (Å²) in [7, 11) is 0. The molecule has 2 aromatic rings. The predicted octanol–water partition coefficient (Wildman–Crippen LogP) is 7.48. The van der Waals surface area contributed by atoms with Crippen molar-refractivity contribution in [2.75, 3.05) is 19.8 Å². The van der Waals surface area contributed by atoms with Gasteiger partial charge >= 0.3 is 6.18 Å². The average Bonchev–Trinajstić information content (AvgIpc) is 2.69. The van der Waals surface area contributed by atoms with Crippen molar-refractivity contribution >= 4 is 46.4 Å². The lowest BCUT2D eigenvalue weighted by molar-refractivity contribution is -0.138. The number of halogens is 8. The van der Waals surface area contributed by atoms with Crippen LogP contribution in [0.4, 0.5) is 17.6 Å². The van der Waals surface area contributed by atoms with E-state index in [9.17, 15) is 17.6 Å². The summed E-state index contributed by atoms with van der Waals surface area (Å²) >= 11 is 23.3. The van der Waals surface area contributed by atoms with Gasteiger partial charge in [-0.15, -0.1) is 0 Å². The lowest BCUT2D eigenvalue weighted by Crippen LogP contribution is -2.09. The molecule has 4 nitrogen and oxygen atoms in total. The first kappa shape index (κ1) is 25.6. The van der Waals surface area contributed by atoms with Crippen molar-refractivity contribution in [3.05, 3.63) is 56.4 Å². The van der Waals surface area contributed by atoms with E-state index in [0.717, 1.165) is 0 Å². The van der Waals surface area contributed by atoms with E-state index in [1.54, 1.807) is 12.1 Å². The summed E-state index contributed by atoms with van der Waals surface area (Å²) < 4.78 is 67.2. The van der Waals surface area contributed by atoms with Crippen LogP contribution in [0.25, 0.3) is 0 Å². The number of rotatable bonds is 10. The molecule has 12 heteroatoms. The van der Waals surface area contributed by atoms with E-state index in [2.05, 4.69) is 4.98 Å². The van der Waals surface area contributed by atoms with E-state index in [4.69, 9.17) is 60.6 Å². The van der Waals surface area contributed by atoms with E-state index in [1.165, 1.54) is 6.08 Å². The predicted molar refractivity (Wildman–Crippen MR) is 111 cm³/mol. The number of hydrogen-bond donors (Lipinski definition) is 0. The van der Waals surface area contributed by atoms with Gasteiger partial charge in [0.1, 0.15) is 32.6 Å². The smallest absolute Gasteiger partial charge is 0.417 e. The van der Waals surface area contributed by atoms with Crippen LogP contribution in [0, 0.1) is 5.82 Å². The van der Waals surface area contributed by atoms with E-state index in [1.807, 2.05) is 0 Å². The van der Waals surface area contributed by atoms with E-state index >= 15 is 0 Å². The molecular formula is C19H15Cl4F4NO3. The maximum atomic E-state index is 13.6. The third kappa shape index (κ3) is 8.11. The van der Waals surface area contributed by atoms with Gasteiger partial charge in [0, 0.05) is 6.20 Å². The third-order valence-corrected chi connectivity index (χ3v) is 4.81. The van der Waals surface area contributed by atoms with Gasteiger partial charge in [-0.2, -0.15) is 13.2 Å². The van der Waals surface area contributed by atoms with Crippen LogP contribution >= 0.6 is 46.4 Å². The molecule has 0 saturated carbocycles. The number of aromatic nitrogens is 1. The second-order valence-corrected chi connectivity index (χ2v) is 7.67. The number of alkyl halides is 3. The van der Waals surface area contributed by atoms with Crippen LogP contribution in [0.3, 0.4) is 0 Å². The average molecular weight is 523 g/mol. The number of hydrogen-bond acceptors (Lipinski definition) is 4. The van der Waals surface area contributed by atoms with Crippen molar-refractivity contribution in [1.29, 1.82) is 0 Å². The van der Waals surface area contributed by atoms with E-state index in [0.29, 0.717) is 36.6 Å². The fourth-order valence-electron chi connectivity index (χ4n) is 2.17. The Morgan fingerprint density at radius 2 is 1.55 bits per heavy atom. The summed E-state index contributed by atoms with van der Waals surface area (Å²) in [5.41, 5.74) is -1.18. The number of pyridine rings is 1. The van der Waals surface area contributed by atoms with Crippen LogP contribution in [-0.2, 0) is 6.18 Å². The standard InChI is InChI=1S/C19H15Cl4F4NO3/c20-15(21)5-8-30-14-4-3-13(16(22)17(14)23)29-6-1-2-7-31-18-12(24)9-11(10-28-18)19(25,26)27/h3-5,9-10H,1-2,6-8H2.